The van der Waals surface area contributed by atoms with E-state index in [1.165, 1.54) is 12.8 Å². The molecule has 0 aromatic carbocycles. The summed E-state index contributed by atoms with van der Waals surface area (Å²) in [4.78, 5) is 16.3. The number of hydrogen-bond donors (Lipinski definition) is 3. The summed E-state index contributed by atoms with van der Waals surface area (Å²) in [7, 11) is 0. The van der Waals surface area contributed by atoms with Crippen LogP contribution in [0.15, 0.2) is 4.99 Å². The molecule has 0 atom stereocenters. The minimum absolute atomic E-state index is 0.131. The van der Waals surface area contributed by atoms with Crippen LogP contribution in [0.25, 0.3) is 0 Å². The molecule has 0 aromatic heterocycles. The molecule has 3 N–H and O–H groups in total. The van der Waals surface area contributed by atoms with E-state index < -0.39 is 0 Å². The van der Waals surface area contributed by atoms with Crippen LogP contribution in [0.2, 0.25) is 0 Å². The summed E-state index contributed by atoms with van der Waals surface area (Å²) in [5, 5.41) is 9.49. The lowest BCUT2D eigenvalue weighted by atomic mass is 10.2. The highest BCUT2D eigenvalue weighted by Gasteiger charge is 2.16. The molecule has 6 nitrogen and oxygen atoms in total. The summed E-state index contributed by atoms with van der Waals surface area (Å²) in [5.74, 6) is 0.902. The van der Waals surface area contributed by atoms with Crippen LogP contribution < -0.4 is 16.0 Å². The van der Waals surface area contributed by atoms with Gasteiger partial charge in [-0.15, -0.1) is 0 Å². The van der Waals surface area contributed by atoms with E-state index >= 15 is 0 Å². The molecule has 1 rings (SSSR count). The Kier molecular flexibility index (Phi) is 10.5. The molecule has 0 spiro atoms. The van der Waals surface area contributed by atoms with Crippen LogP contribution in [0.3, 0.4) is 0 Å². The maximum absolute atomic E-state index is 11.8. The van der Waals surface area contributed by atoms with Gasteiger partial charge in [0, 0.05) is 45.3 Å². The van der Waals surface area contributed by atoms with Crippen molar-refractivity contribution in [3.8, 4) is 0 Å². The molecule has 0 unspecified atom stereocenters. The van der Waals surface area contributed by atoms with Crippen molar-refractivity contribution in [3.05, 3.63) is 0 Å². The zero-order chi connectivity index (χ0) is 16.0. The number of ether oxygens (including phenoxy) is 1. The number of rotatable bonds is 10. The van der Waals surface area contributed by atoms with Gasteiger partial charge < -0.3 is 20.7 Å². The molecular weight excluding hydrogens is 280 g/mol. The van der Waals surface area contributed by atoms with Gasteiger partial charge in [-0.3, -0.25) is 9.79 Å². The van der Waals surface area contributed by atoms with Crippen molar-refractivity contribution >= 4 is 11.9 Å². The first-order chi connectivity index (χ1) is 10.8. The number of hydrogen-bond acceptors (Lipinski definition) is 3. The number of nitrogens with one attached hydrogen (secondary N) is 3. The highest BCUT2D eigenvalue weighted by Crippen LogP contribution is 2.17. The molecule has 0 aliphatic heterocycles. The fraction of sp³-hybridized carbons (Fsp3) is 0.875. The number of aliphatic imine (C=N–C) groups is 1. The maximum Gasteiger partial charge on any atom is 0.221 e. The molecule has 1 fully saturated rings. The van der Waals surface area contributed by atoms with Crippen LogP contribution in [0, 0.1) is 0 Å². The van der Waals surface area contributed by atoms with Crippen molar-refractivity contribution < 1.29 is 9.53 Å². The molecule has 0 radical (unpaired) electrons. The standard InChI is InChI=1S/C16H32N4O2/c1-3-17-16(18-11-7-13-22-4-2)19-12-10-15(21)20-14-8-5-6-9-14/h14H,3-13H2,1-2H3,(H,20,21)(H2,17,18,19). The molecule has 128 valence electrons. The molecule has 1 aliphatic rings. The van der Waals surface area contributed by atoms with Crippen molar-refractivity contribution in [2.75, 3.05) is 32.8 Å². The maximum atomic E-state index is 11.8. The van der Waals surface area contributed by atoms with E-state index in [-0.39, 0.29) is 5.91 Å². The quantitative estimate of drug-likeness (QED) is 0.324. The first-order valence-corrected chi connectivity index (χ1v) is 8.65. The summed E-state index contributed by atoms with van der Waals surface area (Å²) < 4.78 is 5.29. The second-order valence-electron chi connectivity index (χ2n) is 5.54. The summed E-state index contributed by atoms with van der Waals surface area (Å²) in [6.45, 7) is 7.65. The van der Waals surface area contributed by atoms with E-state index in [1.54, 1.807) is 0 Å². The van der Waals surface area contributed by atoms with E-state index in [0.29, 0.717) is 19.0 Å². The van der Waals surface area contributed by atoms with Gasteiger partial charge in [-0.1, -0.05) is 12.8 Å². The fourth-order valence-corrected chi connectivity index (χ4v) is 2.51. The van der Waals surface area contributed by atoms with Gasteiger partial charge in [0.15, 0.2) is 5.96 Å². The minimum Gasteiger partial charge on any atom is -0.382 e. The Morgan fingerprint density at radius 3 is 2.68 bits per heavy atom. The smallest absolute Gasteiger partial charge is 0.221 e. The largest absolute Gasteiger partial charge is 0.382 e. The zero-order valence-electron chi connectivity index (χ0n) is 14.1. The second kappa shape index (κ2) is 12.3. The minimum atomic E-state index is 0.131. The molecule has 22 heavy (non-hydrogen) atoms. The average Bonchev–Trinajstić information content (AvgIpc) is 2.99. The van der Waals surface area contributed by atoms with E-state index in [9.17, 15) is 4.79 Å². The number of nitrogens with zero attached hydrogens (tertiary/aromatic N) is 1. The molecule has 6 heteroatoms. The molecule has 0 bridgehead atoms. The molecule has 1 aliphatic carbocycles. The van der Waals surface area contributed by atoms with Crippen LogP contribution in [-0.4, -0.2) is 50.8 Å². The van der Waals surface area contributed by atoms with Crippen LogP contribution in [0.5, 0.6) is 0 Å². The first kappa shape index (κ1) is 18.7. The fourth-order valence-electron chi connectivity index (χ4n) is 2.51. The first-order valence-electron chi connectivity index (χ1n) is 8.65. The molecular formula is C16H32N4O2. The third kappa shape index (κ3) is 8.87. The molecule has 0 heterocycles. The summed E-state index contributed by atoms with van der Waals surface area (Å²) in [6.07, 6.45) is 6.13. The SMILES string of the molecule is CCNC(=NCCCOCC)NCCC(=O)NC1CCCC1. The highest BCUT2D eigenvalue weighted by molar-refractivity contribution is 5.81. The lowest BCUT2D eigenvalue weighted by molar-refractivity contribution is -0.121. The number of amides is 1. The van der Waals surface area contributed by atoms with E-state index in [2.05, 4.69) is 20.9 Å². The number of guanidine groups is 1. The Morgan fingerprint density at radius 1 is 1.23 bits per heavy atom. The number of carbonyl (C=O) groups excluding carboxylic acids is 1. The van der Waals surface area contributed by atoms with Gasteiger partial charge in [-0.05, 0) is 33.1 Å². The normalized spacial score (nSPS) is 15.8. The van der Waals surface area contributed by atoms with Gasteiger partial charge in [0.05, 0.1) is 0 Å². The van der Waals surface area contributed by atoms with Gasteiger partial charge in [-0.2, -0.15) is 0 Å². The Bertz CT molecular complexity index is 328. The molecule has 1 saturated carbocycles. The lowest BCUT2D eigenvalue weighted by Crippen LogP contribution is -2.40. The molecule has 1 amide bonds. The van der Waals surface area contributed by atoms with Crippen molar-refractivity contribution in [2.24, 2.45) is 4.99 Å². The zero-order valence-corrected chi connectivity index (χ0v) is 14.1. The Hall–Kier alpha value is -1.30. The van der Waals surface area contributed by atoms with Crippen molar-refractivity contribution in [1.82, 2.24) is 16.0 Å². The predicted molar refractivity (Wildman–Crippen MR) is 90.1 cm³/mol. The van der Waals surface area contributed by atoms with E-state index in [4.69, 9.17) is 4.74 Å². The number of carbonyl (C=O) groups is 1. The van der Waals surface area contributed by atoms with E-state index in [1.807, 2.05) is 13.8 Å². The van der Waals surface area contributed by atoms with Crippen molar-refractivity contribution in [3.63, 3.8) is 0 Å². The summed E-state index contributed by atoms with van der Waals surface area (Å²) in [6, 6.07) is 0.396. The van der Waals surface area contributed by atoms with Crippen LogP contribution in [0.1, 0.15) is 52.4 Å². The van der Waals surface area contributed by atoms with Crippen molar-refractivity contribution in [1.29, 1.82) is 0 Å². The summed E-state index contributed by atoms with van der Waals surface area (Å²) >= 11 is 0. The van der Waals surface area contributed by atoms with Gasteiger partial charge in [-0.25, -0.2) is 0 Å². The summed E-state index contributed by atoms with van der Waals surface area (Å²) in [5.41, 5.74) is 0. The highest BCUT2D eigenvalue weighted by atomic mass is 16.5. The molecule has 0 saturated heterocycles. The Morgan fingerprint density at radius 2 is 2.00 bits per heavy atom. The Labute approximate surface area is 134 Å². The second-order valence-corrected chi connectivity index (χ2v) is 5.54. The Balaban J connectivity index is 2.16. The van der Waals surface area contributed by atoms with E-state index in [0.717, 1.165) is 51.5 Å². The average molecular weight is 312 g/mol. The van der Waals surface area contributed by atoms with Gasteiger partial charge in [0.25, 0.3) is 0 Å². The molecule has 0 aromatic rings. The van der Waals surface area contributed by atoms with Crippen molar-refractivity contribution in [2.45, 2.75) is 58.4 Å². The van der Waals surface area contributed by atoms with Gasteiger partial charge in [0.2, 0.25) is 5.91 Å². The third-order valence-corrected chi connectivity index (χ3v) is 3.63. The van der Waals surface area contributed by atoms with Gasteiger partial charge >= 0.3 is 0 Å². The lowest BCUT2D eigenvalue weighted by Gasteiger charge is -2.13. The van der Waals surface area contributed by atoms with Crippen LogP contribution in [0.4, 0.5) is 0 Å². The topological polar surface area (TPSA) is 74.8 Å². The predicted octanol–water partition coefficient (Wildman–Crippen LogP) is 1.42. The third-order valence-electron chi connectivity index (χ3n) is 3.63. The van der Waals surface area contributed by atoms with Crippen LogP contribution in [-0.2, 0) is 9.53 Å². The van der Waals surface area contributed by atoms with Gasteiger partial charge in [0.1, 0.15) is 0 Å². The monoisotopic (exact) mass is 312 g/mol. The van der Waals surface area contributed by atoms with Crippen LogP contribution >= 0.6 is 0 Å².